The van der Waals surface area contributed by atoms with E-state index >= 15 is 0 Å². The zero-order chi connectivity index (χ0) is 14.5. The minimum absolute atomic E-state index is 0.0549. The predicted octanol–water partition coefficient (Wildman–Crippen LogP) is 3.08. The highest BCUT2D eigenvalue weighted by Gasteiger charge is 2.35. The number of hydrazine groups is 1. The number of nitrogens with two attached hydrogens (primary N) is 1. The van der Waals surface area contributed by atoms with Gasteiger partial charge in [0.2, 0.25) is 0 Å². The molecule has 2 rings (SSSR count). The normalized spacial score (nSPS) is 24.8. The largest absolute Gasteiger partial charge is 0.271 e. The molecule has 0 aliphatic carbocycles. The lowest BCUT2D eigenvalue weighted by Crippen LogP contribution is -2.42. The van der Waals surface area contributed by atoms with Gasteiger partial charge in [-0.1, -0.05) is 25.4 Å². The van der Waals surface area contributed by atoms with E-state index in [0.29, 0.717) is 15.5 Å². The third-order valence-electron chi connectivity index (χ3n) is 3.57. The summed E-state index contributed by atoms with van der Waals surface area (Å²) >= 11 is 10.4. The number of hydrogen-bond acceptors (Lipinski definition) is 5. The number of halogens is 1. The third-order valence-corrected chi connectivity index (χ3v) is 7.21. The highest BCUT2D eigenvalue weighted by molar-refractivity contribution is 8.07. The second-order valence-corrected chi connectivity index (χ2v) is 7.94. The smallest absolute Gasteiger partial charge is 0.0835 e. The fourth-order valence-corrected chi connectivity index (χ4v) is 6.11. The highest BCUT2D eigenvalue weighted by Crippen LogP contribution is 2.41. The van der Waals surface area contributed by atoms with Gasteiger partial charge >= 0.3 is 0 Å². The van der Waals surface area contributed by atoms with Crippen molar-refractivity contribution in [2.45, 2.75) is 49.8 Å². The number of aryl methyl sites for hydroxylation is 1. The fraction of sp³-hybridized carbons (Fsp3) is 0.769. The summed E-state index contributed by atoms with van der Waals surface area (Å²) in [4.78, 5) is 0. The van der Waals surface area contributed by atoms with Gasteiger partial charge in [0.05, 0.1) is 23.0 Å². The Balaban J connectivity index is 2.28. The van der Waals surface area contributed by atoms with Crippen LogP contribution < -0.4 is 11.3 Å². The van der Waals surface area contributed by atoms with Crippen molar-refractivity contribution in [2.75, 3.05) is 11.5 Å². The molecule has 0 spiro atoms. The summed E-state index contributed by atoms with van der Waals surface area (Å²) in [5.41, 5.74) is 4.04. The quantitative estimate of drug-likeness (QED) is 0.618. The van der Waals surface area contributed by atoms with E-state index in [0.717, 1.165) is 25.1 Å². The summed E-state index contributed by atoms with van der Waals surface area (Å²) in [6, 6.07) is 0.0549. The second-order valence-electron chi connectivity index (χ2n) is 4.90. The monoisotopic (exact) mass is 334 g/mol. The first-order valence-electron chi connectivity index (χ1n) is 7.13. The Hall–Kier alpha value is 0.120. The number of nitrogens with zero attached hydrogens (tertiary/aromatic N) is 2. The average molecular weight is 335 g/mol. The first-order chi connectivity index (χ1) is 9.72. The Labute approximate surface area is 134 Å². The molecule has 0 radical (unpaired) electrons. The predicted molar refractivity (Wildman–Crippen MR) is 90.4 cm³/mol. The molecule has 2 heterocycles. The van der Waals surface area contributed by atoms with Crippen LogP contribution in [0.15, 0.2) is 6.20 Å². The van der Waals surface area contributed by atoms with Gasteiger partial charge < -0.3 is 0 Å². The molecule has 1 saturated heterocycles. The average Bonchev–Trinajstić information content (AvgIpc) is 2.83. The Morgan fingerprint density at radius 2 is 2.25 bits per heavy atom. The van der Waals surface area contributed by atoms with Crippen molar-refractivity contribution in [3.05, 3.63) is 16.9 Å². The molecule has 1 aliphatic heterocycles. The van der Waals surface area contributed by atoms with Crippen molar-refractivity contribution in [1.29, 1.82) is 0 Å². The van der Waals surface area contributed by atoms with E-state index in [1.807, 2.05) is 28.2 Å². The van der Waals surface area contributed by atoms with Gasteiger partial charge in [-0.2, -0.15) is 28.6 Å². The Bertz CT molecular complexity index is 427. The molecule has 7 heteroatoms. The van der Waals surface area contributed by atoms with Crippen LogP contribution in [-0.4, -0.2) is 31.8 Å². The van der Waals surface area contributed by atoms with Crippen molar-refractivity contribution in [3.63, 3.8) is 0 Å². The number of aromatic nitrogens is 2. The molecule has 0 bridgehead atoms. The van der Waals surface area contributed by atoms with Gasteiger partial charge in [0.25, 0.3) is 0 Å². The number of thioether (sulfide) groups is 2. The molecule has 4 nitrogen and oxygen atoms in total. The van der Waals surface area contributed by atoms with Crippen LogP contribution in [0.4, 0.5) is 0 Å². The molecule has 3 unspecified atom stereocenters. The summed E-state index contributed by atoms with van der Waals surface area (Å²) in [7, 11) is 0. The van der Waals surface area contributed by atoms with Gasteiger partial charge in [-0.3, -0.25) is 16.0 Å². The number of hydrogen-bond donors (Lipinski definition) is 2. The molecular weight excluding hydrogens is 312 g/mol. The van der Waals surface area contributed by atoms with E-state index in [4.69, 9.17) is 17.4 Å². The molecule has 1 aromatic rings. The van der Waals surface area contributed by atoms with Crippen LogP contribution in [0, 0.1) is 0 Å². The highest BCUT2D eigenvalue weighted by atomic mass is 35.5. The van der Waals surface area contributed by atoms with Gasteiger partial charge in [0.15, 0.2) is 0 Å². The van der Waals surface area contributed by atoms with Crippen LogP contribution in [0.2, 0.25) is 5.02 Å². The standard InChI is InChI=1S/C13H23ClN4S2/c1-3-5-18-12(9(14)8-16-18)11(17-15)13-10(4-2)19-6-7-20-13/h8,10-11,13,17H,3-7,15H2,1-2H3. The Kier molecular flexibility index (Phi) is 6.55. The molecule has 3 N–H and O–H groups in total. The van der Waals surface area contributed by atoms with Crippen molar-refractivity contribution in [3.8, 4) is 0 Å². The zero-order valence-corrected chi connectivity index (χ0v) is 14.4. The van der Waals surface area contributed by atoms with Crippen molar-refractivity contribution < 1.29 is 0 Å². The second kappa shape index (κ2) is 7.94. The molecule has 0 aromatic carbocycles. The minimum atomic E-state index is 0.0549. The molecule has 0 saturated carbocycles. The maximum Gasteiger partial charge on any atom is 0.0835 e. The summed E-state index contributed by atoms with van der Waals surface area (Å²) in [6.07, 6.45) is 3.92. The van der Waals surface area contributed by atoms with E-state index in [-0.39, 0.29) is 6.04 Å². The minimum Gasteiger partial charge on any atom is -0.271 e. The van der Waals surface area contributed by atoms with Gasteiger partial charge in [-0.15, -0.1) is 0 Å². The van der Waals surface area contributed by atoms with Crippen LogP contribution in [0.5, 0.6) is 0 Å². The first kappa shape index (κ1) is 16.5. The van der Waals surface area contributed by atoms with E-state index in [1.54, 1.807) is 6.20 Å². The molecule has 1 fully saturated rings. The van der Waals surface area contributed by atoms with Crippen LogP contribution in [0.1, 0.15) is 38.4 Å². The molecule has 3 atom stereocenters. The summed E-state index contributed by atoms with van der Waals surface area (Å²) in [6.45, 7) is 5.26. The number of nitrogens with one attached hydrogen (secondary N) is 1. The first-order valence-corrected chi connectivity index (χ1v) is 9.61. The summed E-state index contributed by atoms with van der Waals surface area (Å²) in [5, 5.41) is 6.15. The van der Waals surface area contributed by atoms with Crippen LogP contribution in [0.3, 0.4) is 0 Å². The van der Waals surface area contributed by atoms with E-state index < -0.39 is 0 Å². The van der Waals surface area contributed by atoms with Gasteiger partial charge in [0.1, 0.15) is 0 Å². The third kappa shape index (κ3) is 3.47. The van der Waals surface area contributed by atoms with Gasteiger partial charge in [-0.25, -0.2) is 0 Å². The molecule has 0 amide bonds. The van der Waals surface area contributed by atoms with Crippen LogP contribution in [0.25, 0.3) is 0 Å². The Morgan fingerprint density at radius 1 is 1.50 bits per heavy atom. The van der Waals surface area contributed by atoms with Crippen molar-refractivity contribution in [1.82, 2.24) is 15.2 Å². The topological polar surface area (TPSA) is 55.9 Å². The molecule has 20 heavy (non-hydrogen) atoms. The number of rotatable bonds is 6. The molecule has 1 aliphatic rings. The van der Waals surface area contributed by atoms with Crippen molar-refractivity contribution >= 4 is 35.1 Å². The van der Waals surface area contributed by atoms with E-state index in [1.165, 1.54) is 11.5 Å². The lowest BCUT2D eigenvalue weighted by atomic mass is 10.1. The van der Waals surface area contributed by atoms with Crippen LogP contribution in [-0.2, 0) is 6.54 Å². The van der Waals surface area contributed by atoms with Crippen molar-refractivity contribution in [2.24, 2.45) is 5.84 Å². The lowest BCUT2D eigenvalue weighted by molar-refractivity contribution is 0.458. The lowest BCUT2D eigenvalue weighted by Gasteiger charge is -2.35. The van der Waals surface area contributed by atoms with Crippen LogP contribution >= 0.6 is 35.1 Å². The maximum atomic E-state index is 6.37. The summed E-state index contributed by atoms with van der Waals surface area (Å²) in [5.74, 6) is 8.26. The Morgan fingerprint density at radius 3 is 2.90 bits per heavy atom. The molecule has 114 valence electrons. The fourth-order valence-electron chi connectivity index (χ4n) is 2.65. The van der Waals surface area contributed by atoms with E-state index in [9.17, 15) is 0 Å². The van der Waals surface area contributed by atoms with E-state index in [2.05, 4.69) is 24.4 Å². The maximum absolute atomic E-state index is 6.37. The van der Waals surface area contributed by atoms with Gasteiger partial charge in [-0.05, 0) is 12.8 Å². The molecule has 1 aromatic heterocycles. The zero-order valence-electron chi connectivity index (χ0n) is 12.0. The molecular formula is C13H23ClN4S2. The SMILES string of the molecule is CCCn1ncc(Cl)c1C(NN)C1SCCSC1CC. The summed E-state index contributed by atoms with van der Waals surface area (Å²) < 4.78 is 2.00. The van der Waals surface area contributed by atoms with Gasteiger partial charge in [0, 0.05) is 28.6 Å².